The number of methoxy groups -OCH3 is 1. The summed E-state index contributed by atoms with van der Waals surface area (Å²) in [6.07, 6.45) is 3.08. The minimum atomic E-state index is -3.06. The van der Waals surface area contributed by atoms with Crippen LogP contribution in [0, 0.1) is 0 Å². The van der Waals surface area contributed by atoms with Crippen molar-refractivity contribution < 1.29 is 17.9 Å². The fraction of sp³-hybridized carbons (Fsp3) is 0.562. The summed E-state index contributed by atoms with van der Waals surface area (Å²) in [7, 11) is -1.43. The molecule has 2 heterocycles. The van der Waals surface area contributed by atoms with Crippen molar-refractivity contribution >= 4 is 31.6 Å². The highest BCUT2D eigenvalue weighted by Gasteiger charge is 2.41. The van der Waals surface area contributed by atoms with Gasteiger partial charge in [0.25, 0.3) is 5.19 Å². The van der Waals surface area contributed by atoms with E-state index in [9.17, 15) is 8.42 Å². The predicted molar refractivity (Wildman–Crippen MR) is 93.3 cm³/mol. The number of hydrogen-bond donors (Lipinski definition) is 0. The van der Waals surface area contributed by atoms with Crippen molar-refractivity contribution in [1.29, 1.82) is 0 Å². The molecule has 0 atom stereocenters. The molecule has 1 saturated carbocycles. The van der Waals surface area contributed by atoms with Crippen LogP contribution in [0.3, 0.4) is 0 Å². The molecule has 0 spiro atoms. The van der Waals surface area contributed by atoms with Crippen molar-refractivity contribution in [2.75, 3.05) is 20.2 Å². The lowest BCUT2D eigenvalue weighted by Gasteiger charge is -2.30. The molecule has 0 amide bonds. The molecule has 0 N–H and O–H groups in total. The van der Waals surface area contributed by atoms with Gasteiger partial charge in [0.2, 0.25) is 10.0 Å². The molecule has 1 aliphatic heterocycles. The number of thiazole rings is 1. The van der Waals surface area contributed by atoms with Crippen LogP contribution in [-0.2, 0) is 10.0 Å². The van der Waals surface area contributed by atoms with Crippen molar-refractivity contribution in [2.45, 2.75) is 37.0 Å². The minimum absolute atomic E-state index is 0.0260. The Kier molecular flexibility index (Phi) is 4.14. The number of nitrogens with zero attached hydrogens (tertiary/aromatic N) is 2. The summed E-state index contributed by atoms with van der Waals surface area (Å²) in [6, 6.07) is 5.78. The molecule has 0 unspecified atom stereocenters. The van der Waals surface area contributed by atoms with Crippen LogP contribution in [-0.4, -0.2) is 49.3 Å². The van der Waals surface area contributed by atoms with Gasteiger partial charge < -0.3 is 9.47 Å². The van der Waals surface area contributed by atoms with Crippen LogP contribution in [0.15, 0.2) is 18.2 Å². The van der Waals surface area contributed by atoms with Gasteiger partial charge >= 0.3 is 0 Å². The number of aromatic nitrogens is 1. The monoisotopic (exact) mass is 368 g/mol. The van der Waals surface area contributed by atoms with Crippen molar-refractivity contribution in [3.05, 3.63) is 18.2 Å². The molecule has 24 heavy (non-hydrogen) atoms. The average Bonchev–Trinajstić information content (AvgIpc) is 3.37. The van der Waals surface area contributed by atoms with Crippen LogP contribution < -0.4 is 9.47 Å². The zero-order valence-electron chi connectivity index (χ0n) is 13.5. The summed E-state index contributed by atoms with van der Waals surface area (Å²) in [5, 5.41) is 0.510. The Morgan fingerprint density at radius 3 is 2.62 bits per heavy atom. The van der Waals surface area contributed by atoms with Gasteiger partial charge in [-0.15, -0.1) is 0 Å². The van der Waals surface area contributed by atoms with E-state index in [4.69, 9.17) is 9.47 Å². The lowest BCUT2D eigenvalue weighted by atomic mass is 10.1. The Balaban J connectivity index is 1.40. The largest absolute Gasteiger partial charge is 0.497 e. The van der Waals surface area contributed by atoms with Gasteiger partial charge in [0.05, 0.1) is 22.6 Å². The maximum absolute atomic E-state index is 12.3. The van der Waals surface area contributed by atoms with Crippen LogP contribution in [0.1, 0.15) is 25.7 Å². The molecule has 1 saturated heterocycles. The standard InChI is InChI=1S/C16H20N2O4S2/c1-21-12-2-5-15-14(10-12)17-16(23-15)22-11-6-8-18(9-7-11)24(19,20)13-3-4-13/h2,5,10-11,13H,3-4,6-9H2,1H3. The van der Waals surface area contributed by atoms with Gasteiger partial charge in [0, 0.05) is 19.2 Å². The van der Waals surface area contributed by atoms with Crippen LogP contribution in [0.5, 0.6) is 10.9 Å². The second-order valence-electron chi connectivity index (χ2n) is 6.27. The first-order valence-electron chi connectivity index (χ1n) is 8.16. The van der Waals surface area contributed by atoms with Gasteiger partial charge in [0.1, 0.15) is 11.9 Å². The number of fused-ring (bicyclic) bond motifs is 1. The Bertz CT molecular complexity index is 837. The molecule has 1 aliphatic carbocycles. The molecule has 8 heteroatoms. The van der Waals surface area contributed by atoms with Crippen LogP contribution in [0.4, 0.5) is 0 Å². The van der Waals surface area contributed by atoms with Gasteiger partial charge in [0.15, 0.2) is 0 Å². The Morgan fingerprint density at radius 2 is 1.96 bits per heavy atom. The third-order valence-corrected chi connectivity index (χ3v) is 7.88. The topological polar surface area (TPSA) is 68.7 Å². The maximum Gasteiger partial charge on any atom is 0.274 e. The second-order valence-corrected chi connectivity index (χ2v) is 9.48. The zero-order chi connectivity index (χ0) is 16.7. The number of hydrogen-bond acceptors (Lipinski definition) is 6. The molecular weight excluding hydrogens is 348 g/mol. The molecule has 2 aromatic rings. The van der Waals surface area contributed by atoms with E-state index < -0.39 is 10.0 Å². The summed E-state index contributed by atoms with van der Waals surface area (Å²) in [5.41, 5.74) is 0.864. The normalized spacial score (nSPS) is 20.4. The highest BCUT2D eigenvalue weighted by atomic mass is 32.2. The smallest absolute Gasteiger partial charge is 0.274 e. The molecule has 1 aromatic heterocycles. The van der Waals surface area contributed by atoms with Crippen molar-refractivity contribution in [1.82, 2.24) is 9.29 Å². The van der Waals surface area contributed by atoms with Crippen LogP contribution in [0.25, 0.3) is 10.2 Å². The molecular formula is C16H20N2O4S2. The first-order valence-corrected chi connectivity index (χ1v) is 10.5. The van der Waals surface area contributed by atoms with Gasteiger partial charge in [-0.1, -0.05) is 11.3 Å². The fourth-order valence-electron chi connectivity index (χ4n) is 2.99. The molecule has 1 aromatic carbocycles. The van der Waals surface area contributed by atoms with E-state index in [0.29, 0.717) is 31.1 Å². The molecule has 2 aliphatic rings. The minimum Gasteiger partial charge on any atom is -0.497 e. The number of sulfonamides is 1. The summed E-state index contributed by atoms with van der Waals surface area (Å²) in [6.45, 7) is 1.09. The number of benzene rings is 1. The van der Waals surface area contributed by atoms with Gasteiger partial charge in [-0.05, 0) is 37.8 Å². The summed E-state index contributed by atoms with van der Waals surface area (Å²) >= 11 is 1.51. The van der Waals surface area contributed by atoms with Crippen molar-refractivity contribution in [2.24, 2.45) is 0 Å². The average molecular weight is 368 g/mol. The lowest BCUT2D eigenvalue weighted by molar-refractivity contribution is 0.135. The second kappa shape index (κ2) is 6.16. The predicted octanol–water partition coefficient (Wildman–Crippen LogP) is 2.64. The summed E-state index contributed by atoms with van der Waals surface area (Å²) in [5.74, 6) is 0.776. The van der Waals surface area contributed by atoms with Gasteiger partial charge in [-0.2, -0.15) is 0 Å². The Labute approximate surface area is 145 Å². The van der Waals surface area contributed by atoms with E-state index in [2.05, 4.69) is 4.98 Å². The molecule has 0 bridgehead atoms. The molecule has 0 radical (unpaired) electrons. The van der Waals surface area contributed by atoms with E-state index in [-0.39, 0.29) is 11.4 Å². The summed E-state index contributed by atoms with van der Waals surface area (Å²) in [4.78, 5) is 4.51. The molecule has 2 fully saturated rings. The number of piperidine rings is 1. The van der Waals surface area contributed by atoms with E-state index in [1.54, 1.807) is 11.4 Å². The van der Waals surface area contributed by atoms with Crippen LogP contribution >= 0.6 is 11.3 Å². The maximum atomic E-state index is 12.3. The third-order valence-electron chi connectivity index (χ3n) is 4.55. The number of ether oxygens (including phenoxy) is 2. The van der Waals surface area contributed by atoms with E-state index in [1.807, 2.05) is 18.2 Å². The first kappa shape index (κ1) is 16.1. The molecule has 6 nitrogen and oxygen atoms in total. The van der Waals surface area contributed by atoms with Gasteiger partial charge in [-0.25, -0.2) is 17.7 Å². The first-order chi connectivity index (χ1) is 11.6. The highest BCUT2D eigenvalue weighted by molar-refractivity contribution is 7.90. The summed E-state index contributed by atoms with van der Waals surface area (Å²) < 4.78 is 38.4. The SMILES string of the molecule is COc1ccc2sc(OC3CCN(S(=O)(=O)C4CC4)CC3)nc2c1. The van der Waals surface area contributed by atoms with Gasteiger partial charge in [-0.3, -0.25) is 0 Å². The third kappa shape index (κ3) is 3.10. The molecule has 130 valence electrons. The van der Waals surface area contributed by atoms with Crippen molar-refractivity contribution in [3.63, 3.8) is 0 Å². The Hall–Kier alpha value is -1.38. The quantitative estimate of drug-likeness (QED) is 0.811. The Morgan fingerprint density at radius 1 is 1.21 bits per heavy atom. The van der Waals surface area contributed by atoms with E-state index in [0.717, 1.165) is 28.8 Å². The van der Waals surface area contributed by atoms with Crippen molar-refractivity contribution in [3.8, 4) is 10.9 Å². The lowest BCUT2D eigenvalue weighted by Crippen LogP contribution is -2.43. The van der Waals surface area contributed by atoms with Crippen LogP contribution in [0.2, 0.25) is 0 Å². The fourth-order valence-corrected chi connectivity index (χ4v) is 5.72. The van der Waals surface area contributed by atoms with E-state index in [1.165, 1.54) is 11.3 Å². The molecule has 4 rings (SSSR count). The number of rotatable bonds is 5. The highest BCUT2D eigenvalue weighted by Crippen LogP contribution is 2.34. The van der Waals surface area contributed by atoms with E-state index >= 15 is 0 Å². The zero-order valence-corrected chi connectivity index (χ0v) is 15.1.